The van der Waals surface area contributed by atoms with Gasteiger partial charge in [0.15, 0.2) is 5.78 Å². The number of hydrogen-bond donors (Lipinski definition) is 0. The van der Waals surface area contributed by atoms with Gasteiger partial charge in [-0.3, -0.25) is 4.79 Å². The molecule has 1 heterocycles. The fraction of sp³-hybridized carbons (Fsp3) is 0.267. The molecule has 2 aromatic rings. The molecule has 0 N–H and O–H groups in total. The summed E-state index contributed by atoms with van der Waals surface area (Å²) in [5.74, 6) is 1.10. The van der Waals surface area contributed by atoms with Gasteiger partial charge in [-0.15, -0.1) is 23.1 Å². The summed E-state index contributed by atoms with van der Waals surface area (Å²) in [6.07, 6.45) is 1.11. The molecule has 0 fully saturated rings. The zero-order chi connectivity index (χ0) is 13.0. The molecule has 0 radical (unpaired) electrons. The summed E-state index contributed by atoms with van der Waals surface area (Å²) in [4.78, 5) is 15.3. The Balaban J connectivity index is 2.01. The van der Waals surface area contributed by atoms with Gasteiger partial charge in [-0.05, 0) is 37.6 Å². The highest BCUT2D eigenvalue weighted by Crippen LogP contribution is 2.27. The summed E-state index contributed by atoms with van der Waals surface area (Å²) in [5.41, 5.74) is 0.792. The standard InChI is InChI=1S/C15H16OS2/c1-3-13-7-8-15(18-13)10-17-14-6-4-5-12(9-14)11(2)16/h4-9H,3,10H2,1-2H3. The molecule has 1 nitrogen and oxygen atoms in total. The Hall–Kier alpha value is -1.06. The number of hydrogen-bond acceptors (Lipinski definition) is 3. The molecule has 94 valence electrons. The van der Waals surface area contributed by atoms with Crippen LogP contribution in [0, 0.1) is 0 Å². The average Bonchev–Trinajstić information content (AvgIpc) is 2.84. The second kappa shape index (κ2) is 6.21. The fourth-order valence-electron chi connectivity index (χ4n) is 1.65. The second-order valence-electron chi connectivity index (χ2n) is 4.09. The van der Waals surface area contributed by atoms with E-state index in [2.05, 4.69) is 25.1 Å². The number of carbonyl (C=O) groups is 1. The second-order valence-corrected chi connectivity index (χ2v) is 6.40. The van der Waals surface area contributed by atoms with Gasteiger partial charge in [0.05, 0.1) is 0 Å². The number of Topliss-reactive ketones (excluding diaryl/α,β-unsaturated/α-hetero) is 1. The first-order valence-electron chi connectivity index (χ1n) is 6.00. The summed E-state index contributed by atoms with van der Waals surface area (Å²) in [6.45, 7) is 3.79. The molecule has 0 saturated heterocycles. The Bertz CT molecular complexity index is 543. The molecular formula is C15H16OS2. The van der Waals surface area contributed by atoms with Crippen molar-refractivity contribution in [2.75, 3.05) is 0 Å². The van der Waals surface area contributed by atoms with Crippen LogP contribution < -0.4 is 0 Å². The summed E-state index contributed by atoms with van der Waals surface area (Å²) >= 11 is 3.66. The van der Waals surface area contributed by atoms with Crippen molar-refractivity contribution >= 4 is 28.9 Å². The number of benzene rings is 1. The predicted octanol–water partition coefficient (Wildman–Crippen LogP) is 4.81. The van der Waals surface area contributed by atoms with E-state index in [4.69, 9.17) is 0 Å². The summed E-state index contributed by atoms with van der Waals surface area (Å²) in [6, 6.07) is 12.3. The Labute approximate surface area is 116 Å². The maximum absolute atomic E-state index is 11.3. The zero-order valence-corrected chi connectivity index (χ0v) is 12.2. The van der Waals surface area contributed by atoms with Crippen molar-refractivity contribution in [1.29, 1.82) is 0 Å². The van der Waals surface area contributed by atoms with Gasteiger partial charge in [-0.1, -0.05) is 19.1 Å². The van der Waals surface area contributed by atoms with Crippen LogP contribution in [0.25, 0.3) is 0 Å². The highest BCUT2D eigenvalue weighted by molar-refractivity contribution is 7.98. The zero-order valence-electron chi connectivity index (χ0n) is 10.6. The maximum atomic E-state index is 11.3. The minimum Gasteiger partial charge on any atom is -0.295 e. The Morgan fingerprint density at radius 1 is 1.22 bits per heavy atom. The lowest BCUT2D eigenvalue weighted by Crippen LogP contribution is -1.91. The third kappa shape index (κ3) is 3.47. The van der Waals surface area contributed by atoms with Gasteiger partial charge in [-0.25, -0.2) is 0 Å². The van der Waals surface area contributed by atoms with E-state index >= 15 is 0 Å². The van der Waals surface area contributed by atoms with E-state index in [1.54, 1.807) is 18.7 Å². The number of rotatable bonds is 5. The minimum atomic E-state index is 0.127. The van der Waals surface area contributed by atoms with Crippen molar-refractivity contribution in [3.05, 3.63) is 51.7 Å². The smallest absolute Gasteiger partial charge is 0.159 e. The molecule has 0 amide bonds. The van der Waals surface area contributed by atoms with Gasteiger partial charge in [0.25, 0.3) is 0 Å². The Morgan fingerprint density at radius 2 is 2.00 bits per heavy atom. The van der Waals surface area contributed by atoms with Crippen molar-refractivity contribution < 1.29 is 4.79 Å². The van der Waals surface area contributed by atoms with Crippen LogP contribution in [0.4, 0.5) is 0 Å². The molecule has 1 aromatic carbocycles. The van der Waals surface area contributed by atoms with Gasteiger partial charge in [0.1, 0.15) is 0 Å². The molecule has 18 heavy (non-hydrogen) atoms. The monoisotopic (exact) mass is 276 g/mol. The Morgan fingerprint density at radius 3 is 2.67 bits per heavy atom. The van der Waals surface area contributed by atoms with E-state index in [1.165, 1.54) is 9.75 Å². The number of ketones is 1. The van der Waals surface area contributed by atoms with Crippen molar-refractivity contribution in [3.8, 4) is 0 Å². The van der Waals surface area contributed by atoms with Crippen LogP contribution >= 0.6 is 23.1 Å². The molecule has 0 bridgehead atoms. The average molecular weight is 276 g/mol. The molecule has 0 saturated carbocycles. The van der Waals surface area contributed by atoms with Gasteiger partial charge in [0.2, 0.25) is 0 Å². The van der Waals surface area contributed by atoms with E-state index in [-0.39, 0.29) is 5.78 Å². The summed E-state index contributed by atoms with van der Waals surface area (Å²) in [5, 5.41) is 0. The van der Waals surface area contributed by atoms with E-state index in [0.717, 1.165) is 22.6 Å². The molecule has 0 aliphatic rings. The van der Waals surface area contributed by atoms with Crippen LogP contribution in [-0.4, -0.2) is 5.78 Å². The molecule has 0 aliphatic heterocycles. The molecule has 0 unspecified atom stereocenters. The predicted molar refractivity (Wildman–Crippen MR) is 79.7 cm³/mol. The number of aryl methyl sites for hydroxylation is 1. The molecule has 0 aliphatic carbocycles. The number of thioether (sulfide) groups is 1. The summed E-state index contributed by atoms with van der Waals surface area (Å²) < 4.78 is 0. The van der Waals surface area contributed by atoms with Crippen molar-refractivity contribution in [1.82, 2.24) is 0 Å². The molecule has 2 rings (SSSR count). The first-order chi connectivity index (χ1) is 8.69. The van der Waals surface area contributed by atoms with Gasteiger partial charge in [-0.2, -0.15) is 0 Å². The highest BCUT2D eigenvalue weighted by Gasteiger charge is 2.03. The summed E-state index contributed by atoms with van der Waals surface area (Å²) in [7, 11) is 0. The normalized spacial score (nSPS) is 10.6. The van der Waals surface area contributed by atoms with Gasteiger partial charge < -0.3 is 0 Å². The molecule has 0 atom stereocenters. The van der Waals surface area contributed by atoms with Crippen LogP contribution in [0.1, 0.15) is 34.0 Å². The molecule has 0 spiro atoms. The van der Waals surface area contributed by atoms with Crippen molar-refractivity contribution in [2.45, 2.75) is 30.9 Å². The van der Waals surface area contributed by atoms with Crippen LogP contribution in [0.3, 0.4) is 0 Å². The van der Waals surface area contributed by atoms with Crippen LogP contribution in [-0.2, 0) is 12.2 Å². The van der Waals surface area contributed by atoms with Crippen LogP contribution in [0.2, 0.25) is 0 Å². The third-order valence-corrected chi connectivity index (χ3v) is 5.14. The quantitative estimate of drug-likeness (QED) is 0.576. The van der Waals surface area contributed by atoms with Crippen LogP contribution in [0.5, 0.6) is 0 Å². The number of thiophene rings is 1. The lowest BCUT2D eigenvalue weighted by atomic mass is 10.2. The largest absolute Gasteiger partial charge is 0.295 e. The van der Waals surface area contributed by atoms with Gasteiger partial charge >= 0.3 is 0 Å². The molecular weight excluding hydrogens is 260 g/mol. The maximum Gasteiger partial charge on any atom is 0.159 e. The van der Waals surface area contributed by atoms with Crippen LogP contribution in [0.15, 0.2) is 41.3 Å². The highest BCUT2D eigenvalue weighted by atomic mass is 32.2. The first kappa shape index (κ1) is 13.4. The van der Waals surface area contributed by atoms with Gasteiger partial charge in [0, 0.05) is 26.0 Å². The first-order valence-corrected chi connectivity index (χ1v) is 7.80. The molecule has 3 heteroatoms. The lowest BCUT2D eigenvalue weighted by molar-refractivity contribution is 0.101. The van der Waals surface area contributed by atoms with Crippen molar-refractivity contribution in [2.24, 2.45) is 0 Å². The topological polar surface area (TPSA) is 17.1 Å². The molecule has 1 aromatic heterocycles. The van der Waals surface area contributed by atoms with E-state index in [1.807, 2.05) is 29.5 Å². The van der Waals surface area contributed by atoms with E-state index in [9.17, 15) is 4.79 Å². The van der Waals surface area contributed by atoms with Crippen molar-refractivity contribution in [3.63, 3.8) is 0 Å². The Kier molecular flexibility index (Phi) is 4.61. The fourth-order valence-corrected chi connectivity index (χ4v) is 3.61. The third-order valence-electron chi connectivity index (χ3n) is 2.69. The van der Waals surface area contributed by atoms with E-state index in [0.29, 0.717) is 0 Å². The lowest BCUT2D eigenvalue weighted by Gasteiger charge is -2.02. The SMILES string of the molecule is CCc1ccc(CSc2cccc(C(C)=O)c2)s1. The number of carbonyl (C=O) groups excluding carboxylic acids is 1. The minimum absolute atomic E-state index is 0.127. The van der Waals surface area contributed by atoms with E-state index < -0.39 is 0 Å².